The molecular weight excluding hydrogens is 266 g/mol. The molecule has 0 spiro atoms. The number of aliphatic hydroxyl groups is 1. The first-order valence-corrected chi connectivity index (χ1v) is 7.39. The molecule has 0 saturated carbocycles. The minimum absolute atomic E-state index is 0.0909. The van der Waals surface area contributed by atoms with Crippen LogP contribution in [0.5, 0.6) is 0 Å². The van der Waals surface area contributed by atoms with E-state index in [0.29, 0.717) is 11.7 Å². The van der Waals surface area contributed by atoms with Crippen molar-refractivity contribution in [3.05, 3.63) is 42.0 Å². The average Bonchev–Trinajstić information content (AvgIpc) is 3.01. The first-order valence-electron chi connectivity index (χ1n) is 7.39. The van der Waals surface area contributed by atoms with Gasteiger partial charge in [-0.2, -0.15) is 0 Å². The Morgan fingerprint density at radius 2 is 1.81 bits per heavy atom. The lowest BCUT2D eigenvalue weighted by Gasteiger charge is -2.19. The van der Waals surface area contributed by atoms with Crippen LogP contribution in [0.3, 0.4) is 0 Å². The predicted octanol–water partition coefficient (Wildman–Crippen LogP) is 2.29. The van der Waals surface area contributed by atoms with E-state index in [1.165, 1.54) is 0 Å². The van der Waals surface area contributed by atoms with Crippen LogP contribution >= 0.6 is 0 Å². The molecule has 21 heavy (non-hydrogen) atoms. The third kappa shape index (κ3) is 2.36. The van der Waals surface area contributed by atoms with Crippen LogP contribution in [0.15, 0.2) is 30.3 Å². The zero-order valence-electron chi connectivity index (χ0n) is 12.6. The van der Waals surface area contributed by atoms with E-state index in [0.717, 1.165) is 11.5 Å². The highest BCUT2D eigenvalue weighted by molar-refractivity contribution is 5.35. The van der Waals surface area contributed by atoms with Gasteiger partial charge in [-0.25, -0.2) is 0 Å². The molecule has 1 aromatic heterocycles. The lowest BCUT2D eigenvalue weighted by atomic mass is 9.88. The van der Waals surface area contributed by atoms with Crippen molar-refractivity contribution in [2.75, 3.05) is 0 Å². The molecule has 0 amide bonds. The molecule has 1 saturated heterocycles. The molecule has 5 heteroatoms. The molecule has 2 aromatic rings. The molecule has 1 aliphatic rings. The third-order valence-corrected chi connectivity index (χ3v) is 4.45. The minimum Gasteiger partial charge on any atom is -0.388 e. The molecular formula is C16H21N3O2. The van der Waals surface area contributed by atoms with E-state index in [1.54, 1.807) is 0 Å². The van der Waals surface area contributed by atoms with Crippen LogP contribution < -0.4 is 0 Å². The Bertz CT molecular complexity index is 611. The fraction of sp³-hybridized carbons (Fsp3) is 0.500. The molecule has 0 bridgehead atoms. The summed E-state index contributed by atoms with van der Waals surface area (Å²) in [5.41, 5.74) is 0.973. The highest BCUT2D eigenvalue weighted by atomic mass is 16.5. The van der Waals surface area contributed by atoms with Gasteiger partial charge in [-0.1, -0.05) is 25.1 Å². The van der Waals surface area contributed by atoms with E-state index in [9.17, 15) is 5.11 Å². The normalized spacial score (nSPS) is 29.0. The van der Waals surface area contributed by atoms with E-state index in [-0.39, 0.29) is 24.7 Å². The summed E-state index contributed by atoms with van der Waals surface area (Å²) < 4.78 is 7.89. The zero-order valence-corrected chi connectivity index (χ0v) is 12.6. The Hall–Kier alpha value is -1.72. The number of aliphatic hydroxyl groups excluding tert-OH is 1. The molecule has 0 aliphatic carbocycles. The van der Waals surface area contributed by atoms with Gasteiger partial charge in [0.25, 0.3) is 0 Å². The van der Waals surface area contributed by atoms with Crippen molar-refractivity contribution < 1.29 is 9.84 Å². The second-order valence-corrected chi connectivity index (χ2v) is 5.73. The predicted molar refractivity (Wildman–Crippen MR) is 79.2 cm³/mol. The molecule has 5 nitrogen and oxygen atoms in total. The molecule has 112 valence electrons. The summed E-state index contributed by atoms with van der Waals surface area (Å²) >= 11 is 0. The number of hydrogen-bond acceptors (Lipinski definition) is 4. The van der Waals surface area contributed by atoms with Crippen LogP contribution in [0.25, 0.3) is 5.69 Å². The highest BCUT2D eigenvalue weighted by Gasteiger charge is 2.41. The Balaban J connectivity index is 2.10. The summed E-state index contributed by atoms with van der Waals surface area (Å²) in [6, 6.07) is 9.92. The van der Waals surface area contributed by atoms with Crippen molar-refractivity contribution in [2.24, 2.45) is 5.92 Å². The van der Waals surface area contributed by atoms with Gasteiger partial charge in [-0.15, -0.1) is 10.2 Å². The number of rotatable bonds is 3. The van der Waals surface area contributed by atoms with Crippen LogP contribution in [0.4, 0.5) is 0 Å². The first kappa shape index (κ1) is 14.2. The Morgan fingerprint density at radius 3 is 2.38 bits per heavy atom. The standard InChI is InChI=1S/C16H21N3O2/c1-10-11(2)21-12(3)15(10)16-18-17-14(9-20)19(16)13-7-5-4-6-8-13/h4-8,10-12,15,20H,9H2,1-3H3. The Kier molecular flexibility index (Phi) is 3.78. The van der Waals surface area contributed by atoms with Crippen LogP contribution in [0, 0.1) is 5.92 Å². The second kappa shape index (κ2) is 5.58. The maximum absolute atomic E-state index is 9.57. The zero-order chi connectivity index (χ0) is 15.0. The van der Waals surface area contributed by atoms with Gasteiger partial charge in [-0.05, 0) is 31.9 Å². The smallest absolute Gasteiger partial charge is 0.163 e. The van der Waals surface area contributed by atoms with E-state index in [1.807, 2.05) is 34.9 Å². The quantitative estimate of drug-likeness (QED) is 0.941. The number of hydrogen-bond donors (Lipinski definition) is 1. The first-order chi connectivity index (χ1) is 10.1. The topological polar surface area (TPSA) is 60.2 Å². The van der Waals surface area contributed by atoms with E-state index >= 15 is 0 Å². The van der Waals surface area contributed by atoms with Gasteiger partial charge in [0.1, 0.15) is 12.4 Å². The van der Waals surface area contributed by atoms with Gasteiger partial charge in [-0.3, -0.25) is 4.57 Å². The van der Waals surface area contributed by atoms with Gasteiger partial charge >= 0.3 is 0 Å². The van der Waals surface area contributed by atoms with Crippen molar-refractivity contribution in [1.29, 1.82) is 0 Å². The van der Waals surface area contributed by atoms with Gasteiger partial charge in [0.2, 0.25) is 0 Å². The summed E-state index contributed by atoms with van der Waals surface area (Å²) in [5.74, 6) is 1.97. The van der Waals surface area contributed by atoms with E-state index in [2.05, 4.69) is 31.0 Å². The van der Waals surface area contributed by atoms with Gasteiger partial charge in [0, 0.05) is 5.69 Å². The molecule has 2 heterocycles. The third-order valence-electron chi connectivity index (χ3n) is 4.45. The molecule has 4 unspecified atom stereocenters. The molecule has 1 aromatic carbocycles. The van der Waals surface area contributed by atoms with E-state index in [4.69, 9.17) is 4.74 Å². The number of para-hydroxylation sites is 1. The van der Waals surface area contributed by atoms with Crippen molar-refractivity contribution in [3.63, 3.8) is 0 Å². The monoisotopic (exact) mass is 287 g/mol. The highest BCUT2D eigenvalue weighted by Crippen LogP contribution is 2.39. The molecule has 4 atom stereocenters. The van der Waals surface area contributed by atoms with Crippen LogP contribution in [0.2, 0.25) is 0 Å². The second-order valence-electron chi connectivity index (χ2n) is 5.73. The van der Waals surface area contributed by atoms with Crippen LogP contribution in [0.1, 0.15) is 38.3 Å². The number of ether oxygens (including phenoxy) is 1. The summed E-state index contributed by atoms with van der Waals surface area (Å²) in [6.45, 7) is 6.22. The van der Waals surface area contributed by atoms with Crippen molar-refractivity contribution in [3.8, 4) is 5.69 Å². The average molecular weight is 287 g/mol. The minimum atomic E-state index is -0.131. The van der Waals surface area contributed by atoms with Gasteiger partial charge in [0.15, 0.2) is 5.82 Å². The summed E-state index contributed by atoms with van der Waals surface area (Å²) in [5, 5.41) is 18.1. The van der Waals surface area contributed by atoms with Crippen molar-refractivity contribution >= 4 is 0 Å². The lowest BCUT2D eigenvalue weighted by Crippen LogP contribution is -2.20. The Morgan fingerprint density at radius 1 is 1.10 bits per heavy atom. The molecule has 0 radical (unpaired) electrons. The van der Waals surface area contributed by atoms with Gasteiger partial charge in [0.05, 0.1) is 18.1 Å². The molecule has 1 N–H and O–H groups in total. The molecule has 1 aliphatic heterocycles. The summed E-state index contributed by atoms with van der Waals surface area (Å²) in [7, 11) is 0. The number of nitrogens with zero attached hydrogens (tertiary/aromatic N) is 3. The maximum Gasteiger partial charge on any atom is 0.163 e. The van der Waals surface area contributed by atoms with Crippen molar-refractivity contribution in [1.82, 2.24) is 14.8 Å². The number of benzene rings is 1. The lowest BCUT2D eigenvalue weighted by molar-refractivity contribution is 0.0552. The SMILES string of the molecule is CC1OC(C)C(c2nnc(CO)n2-c2ccccc2)C1C. The maximum atomic E-state index is 9.57. The van der Waals surface area contributed by atoms with Gasteiger partial charge < -0.3 is 9.84 Å². The van der Waals surface area contributed by atoms with Crippen LogP contribution in [-0.2, 0) is 11.3 Å². The Labute approximate surface area is 124 Å². The largest absolute Gasteiger partial charge is 0.388 e. The molecule has 3 rings (SSSR count). The van der Waals surface area contributed by atoms with Crippen LogP contribution in [-0.4, -0.2) is 32.1 Å². The number of aromatic nitrogens is 3. The fourth-order valence-corrected chi connectivity index (χ4v) is 3.22. The van der Waals surface area contributed by atoms with Crippen molar-refractivity contribution in [2.45, 2.75) is 45.5 Å². The summed E-state index contributed by atoms with van der Waals surface area (Å²) in [4.78, 5) is 0. The van der Waals surface area contributed by atoms with E-state index < -0.39 is 0 Å². The fourth-order valence-electron chi connectivity index (χ4n) is 3.22. The molecule has 1 fully saturated rings. The summed E-state index contributed by atoms with van der Waals surface area (Å²) in [6.07, 6.45) is 0.289.